The quantitative estimate of drug-likeness (QED) is 0.749. The van der Waals surface area contributed by atoms with E-state index in [4.69, 9.17) is 28.9 Å². The van der Waals surface area contributed by atoms with Gasteiger partial charge in [-0.1, -0.05) is 29.3 Å². The van der Waals surface area contributed by atoms with Crippen molar-refractivity contribution < 1.29 is 0 Å². The summed E-state index contributed by atoms with van der Waals surface area (Å²) in [7, 11) is 0. The lowest BCUT2D eigenvalue weighted by atomic mass is 10.3. The number of nitrogen functional groups attached to an aromatic ring is 1. The zero-order valence-electron chi connectivity index (χ0n) is 12.5. The fourth-order valence-corrected chi connectivity index (χ4v) is 2.57. The van der Waals surface area contributed by atoms with Gasteiger partial charge in [-0.3, -0.25) is 0 Å². The van der Waals surface area contributed by atoms with E-state index in [1.165, 1.54) is 6.33 Å². The SMILES string of the molecule is Cc1cc(C)n(-c2ncnc(Nc3cccc(Cl)c3Cl)c2N)n1. The molecule has 0 amide bonds. The Balaban J connectivity index is 2.03. The predicted molar refractivity (Wildman–Crippen MR) is 92.8 cm³/mol. The highest BCUT2D eigenvalue weighted by Crippen LogP contribution is 2.33. The summed E-state index contributed by atoms with van der Waals surface area (Å²) in [5.74, 6) is 0.943. The van der Waals surface area contributed by atoms with Crippen molar-refractivity contribution in [2.24, 2.45) is 0 Å². The number of aromatic nitrogens is 4. The average Bonchev–Trinajstić information content (AvgIpc) is 2.84. The second-order valence-electron chi connectivity index (χ2n) is 5.02. The molecule has 23 heavy (non-hydrogen) atoms. The third-order valence-electron chi connectivity index (χ3n) is 3.28. The lowest BCUT2D eigenvalue weighted by molar-refractivity contribution is 0.804. The summed E-state index contributed by atoms with van der Waals surface area (Å²) in [5, 5.41) is 8.33. The van der Waals surface area contributed by atoms with Crippen LogP contribution in [0.1, 0.15) is 11.4 Å². The third-order valence-corrected chi connectivity index (χ3v) is 4.10. The first-order chi connectivity index (χ1) is 11.0. The van der Waals surface area contributed by atoms with E-state index in [9.17, 15) is 0 Å². The van der Waals surface area contributed by atoms with Crippen molar-refractivity contribution in [3.63, 3.8) is 0 Å². The summed E-state index contributed by atoms with van der Waals surface area (Å²) < 4.78 is 1.68. The lowest BCUT2D eigenvalue weighted by Crippen LogP contribution is -2.09. The highest BCUT2D eigenvalue weighted by molar-refractivity contribution is 6.43. The Hall–Kier alpha value is -2.31. The maximum absolute atomic E-state index is 6.21. The molecule has 3 aromatic rings. The van der Waals surface area contributed by atoms with Crippen molar-refractivity contribution in [3.8, 4) is 5.82 Å². The van der Waals surface area contributed by atoms with Gasteiger partial charge in [0.1, 0.15) is 12.0 Å². The van der Waals surface area contributed by atoms with E-state index < -0.39 is 0 Å². The van der Waals surface area contributed by atoms with Crippen LogP contribution in [0.5, 0.6) is 0 Å². The van der Waals surface area contributed by atoms with Crippen LogP contribution in [-0.2, 0) is 0 Å². The second-order valence-corrected chi connectivity index (χ2v) is 5.81. The highest BCUT2D eigenvalue weighted by atomic mass is 35.5. The molecule has 0 unspecified atom stereocenters. The van der Waals surface area contributed by atoms with Crippen molar-refractivity contribution >= 4 is 40.4 Å². The van der Waals surface area contributed by atoms with Crippen LogP contribution in [0.15, 0.2) is 30.6 Å². The van der Waals surface area contributed by atoms with Crippen LogP contribution in [0.3, 0.4) is 0 Å². The first kappa shape index (κ1) is 15.6. The van der Waals surface area contributed by atoms with Crippen molar-refractivity contribution in [2.45, 2.75) is 13.8 Å². The average molecular weight is 349 g/mol. The Bertz CT molecular complexity index is 874. The van der Waals surface area contributed by atoms with Crippen LogP contribution in [0.25, 0.3) is 5.82 Å². The number of nitrogens with one attached hydrogen (secondary N) is 1. The molecule has 0 radical (unpaired) electrons. The minimum Gasteiger partial charge on any atom is -0.393 e. The molecule has 0 fully saturated rings. The fraction of sp³-hybridized carbons (Fsp3) is 0.133. The Kier molecular flexibility index (Phi) is 4.11. The number of hydrogen-bond donors (Lipinski definition) is 2. The largest absolute Gasteiger partial charge is 0.393 e. The van der Waals surface area contributed by atoms with E-state index in [0.29, 0.717) is 33.1 Å². The Morgan fingerprint density at radius 2 is 1.96 bits per heavy atom. The number of nitrogens with two attached hydrogens (primary N) is 1. The van der Waals surface area contributed by atoms with Crippen molar-refractivity contribution in [3.05, 3.63) is 52.0 Å². The van der Waals surface area contributed by atoms with Crippen LogP contribution in [0.2, 0.25) is 10.0 Å². The van der Waals surface area contributed by atoms with Gasteiger partial charge < -0.3 is 11.1 Å². The summed E-state index contributed by atoms with van der Waals surface area (Å²) in [6.45, 7) is 3.84. The van der Waals surface area contributed by atoms with Gasteiger partial charge in [-0.05, 0) is 32.0 Å². The van der Waals surface area contributed by atoms with E-state index in [2.05, 4.69) is 20.4 Å². The molecule has 8 heteroatoms. The normalized spacial score (nSPS) is 10.8. The molecule has 6 nitrogen and oxygen atoms in total. The van der Waals surface area contributed by atoms with Crippen LogP contribution >= 0.6 is 23.2 Å². The number of rotatable bonds is 3. The van der Waals surface area contributed by atoms with Gasteiger partial charge in [0.05, 0.1) is 21.4 Å². The minimum absolute atomic E-state index is 0.370. The Morgan fingerprint density at radius 3 is 2.65 bits per heavy atom. The molecule has 0 bridgehead atoms. The summed E-state index contributed by atoms with van der Waals surface area (Å²) in [5.41, 5.74) is 9.00. The monoisotopic (exact) mass is 348 g/mol. The molecule has 3 rings (SSSR count). The standard InChI is InChI=1S/C15H14Cl2N6/c1-8-6-9(2)23(22-8)15-13(18)14(19-7-20-15)21-11-5-3-4-10(16)12(11)17/h3-7H,18H2,1-2H3,(H,19,20,21). The van der Waals surface area contributed by atoms with Crippen molar-refractivity contribution in [1.29, 1.82) is 0 Å². The van der Waals surface area contributed by atoms with E-state index in [0.717, 1.165) is 11.4 Å². The molecule has 3 N–H and O–H groups in total. The highest BCUT2D eigenvalue weighted by Gasteiger charge is 2.14. The van der Waals surface area contributed by atoms with Gasteiger partial charge in [-0.15, -0.1) is 0 Å². The Morgan fingerprint density at radius 1 is 1.17 bits per heavy atom. The number of nitrogens with zero attached hydrogens (tertiary/aromatic N) is 4. The summed E-state index contributed by atoms with van der Waals surface area (Å²) in [6, 6.07) is 7.23. The van der Waals surface area contributed by atoms with E-state index in [-0.39, 0.29) is 0 Å². The van der Waals surface area contributed by atoms with Gasteiger partial charge in [0.25, 0.3) is 0 Å². The van der Waals surface area contributed by atoms with Crippen molar-refractivity contribution in [2.75, 3.05) is 11.1 Å². The maximum atomic E-state index is 6.21. The molecule has 2 aromatic heterocycles. The molecular weight excluding hydrogens is 335 g/mol. The molecule has 2 heterocycles. The van der Waals surface area contributed by atoms with Gasteiger partial charge in [-0.25, -0.2) is 14.6 Å². The number of anilines is 3. The second kappa shape index (κ2) is 6.06. The summed E-state index contributed by atoms with van der Waals surface area (Å²) >= 11 is 12.2. The van der Waals surface area contributed by atoms with Gasteiger partial charge in [-0.2, -0.15) is 5.10 Å². The Labute approximate surface area is 143 Å². The van der Waals surface area contributed by atoms with Crippen LogP contribution in [0, 0.1) is 13.8 Å². The van der Waals surface area contributed by atoms with E-state index in [1.54, 1.807) is 22.9 Å². The molecule has 0 spiro atoms. The zero-order valence-corrected chi connectivity index (χ0v) is 14.0. The minimum atomic E-state index is 0.370. The van der Waals surface area contributed by atoms with Crippen LogP contribution < -0.4 is 11.1 Å². The van der Waals surface area contributed by atoms with Gasteiger partial charge in [0.2, 0.25) is 0 Å². The van der Waals surface area contributed by atoms with E-state index in [1.807, 2.05) is 19.9 Å². The molecule has 0 atom stereocenters. The number of aryl methyl sites for hydroxylation is 2. The van der Waals surface area contributed by atoms with Gasteiger partial charge in [0.15, 0.2) is 11.6 Å². The number of halogens is 2. The van der Waals surface area contributed by atoms with Crippen LogP contribution in [0.4, 0.5) is 17.2 Å². The maximum Gasteiger partial charge on any atom is 0.182 e. The van der Waals surface area contributed by atoms with Crippen LogP contribution in [-0.4, -0.2) is 19.7 Å². The molecule has 118 valence electrons. The predicted octanol–water partition coefficient (Wildman–Crippen LogP) is 3.91. The van der Waals surface area contributed by atoms with Gasteiger partial charge >= 0.3 is 0 Å². The van der Waals surface area contributed by atoms with Gasteiger partial charge in [0, 0.05) is 5.69 Å². The molecule has 1 aromatic carbocycles. The first-order valence-corrected chi connectivity index (χ1v) is 7.58. The third kappa shape index (κ3) is 2.95. The molecule has 0 aliphatic carbocycles. The first-order valence-electron chi connectivity index (χ1n) is 6.82. The molecule has 0 saturated carbocycles. The number of hydrogen-bond acceptors (Lipinski definition) is 5. The lowest BCUT2D eigenvalue weighted by Gasteiger charge is -2.13. The molecular formula is C15H14Cl2N6. The summed E-state index contributed by atoms with van der Waals surface area (Å²) in [6.07, 6.45) is 1.42. The molecule has 0 saturated heterocycles. The molecule has 0 aliphatic heterocycles. The zero-order chi connectivity index (χ0) is 16.6. The van der Waals surface area contributed by atoms with Crippen molar-refractivity contribution in [1.82, 2.24) is 19.7 Å². The van der Waals surface area contributed by atoms with E-state index >= 15 is 0 Å². The molecule has 0 aliphatic rings. The smallest absolute Gasteiger partial charge is 0.182 e. The summed E-state index contributed by atoms with van der Waals surface area (Å²) in [4.78, 5) is 8.41. The topological polar surface area (TPSA) is 81.7 Å². The fourth-order valence-electron chi connectivity index (χ4n) is 2.23. The number of benzene rings is 1.